The van der Waals surface area contributed by atoms with Crippen LogP contribution in [0, 0.1) is 0 Å². The van der Waals surface area contributed by atoms with E-state index in [9.17, 15) is 0 Å². The molecule has 0 radical (unpaired) electrons. The van der Waals surface area contributed by atoms with Crippen LogP contribution in [0.1, 0.15) is 32.3 Å². The lowest BCUT2D eigenvalue weighted by atomic mass is 10.0. The highest BCUT2D eigenvalue weighted by Gasteiger charge is 2.31. The first-order valence-corrected chi connectivity index (χ1v) is 5.53. The predicted molar refractivity (Wildman–Crippen MR) is 62.4 cm³/mol. The van der Waals surface area contributed by atoms with Crippen molar-refractivity contribution in [2.75, 3.05) is 12.3 Å². The molecule has 0 bridgehead atoms. The van der Waals surface area contributed by atoms with Gasteiger partial charge in [-0.2, -0.15) is 0 Å². The molecule has 1 aliphatic heterocycles. The Morgan fingerprint density at radius 2 is 2.33 bits per heavy atom. The molecule has 0 atom stereocenters. The smallest absolute Gasteiger partial charge is 0.123 e. The van der Waals surface area contributed by atoms with Crippen molar-refractivity contribution in [1.82, 2.24) is 9.88 Å². The standard InChI is InChI=1S/C12H19N3/c1-12(2)5-3-7-15(12)9-10-4-6-14-11(13)8-10/h4,6,8H,3,5,7,9H2,1-2H3,(H2,13,14). The van der Waals surface area contributed by atoms with Crippen LogP contribution in [0.3, 0.4) is 0 Å². The van der Waals surface area contributed by atoms with Gasteiger partial charge < -0.3 is 5.73 Å². The molecule has 2 heterocycles. The van der Waals surface area contributed by atoms with Gasteiger partial charge in [-0.1, -0.05) is 0 Å². The van der Waals surface area contributed by atoms with Crippen molar-refractivity contribution in [3.8, 4) is 0 Å². The highest BCUT2D eigenvalue weighted by atomic mass is 15.2. The lowest BCUT2D eigenvalue weighted by Crippen LogP contribution is -2.37. The van der Waals surface area contributed by atoms with Crippen molar-refractivity contribution in [2.24, 2.45) is 0 Å². The number of aromatic nitrogens is 1. The first-order chi connectivity index (χ1) is 7.08. The van der Waals surface area contributed by atoms with Crippen LogP contribution < -0.4 is 5.73 Å². The van der Waals surface area contributed by atoms with E-state index in [0.29, 0.717) is 11.4 Å². The van der Waals surface area contributed by atoms with Gasteiger partial charge in [-0.3, -0.25) is 4.90 Å². The molecule has 0 spiro atoms. The quantitative estimate of drug-likeness (QED) is 0.803. The van der Waals surface area contributed by atoms with Crippen molar-refractivity contribution in [1.29, 1.82) is 0 Å². The number of anilines is 1. The van der Waals surface area contributed by atoms with E-state index in [2.05, 4.69) is 23.7 Å². The fourth-order valence-electron chi connectivity index (χ4n) is 2.27. The molecule has 82 valence electrons. The summed E-state index contributed by atoms with van der Waals surface area (Å²) in [4.78, 5) is 6.53. The average Bonchev–Trinajstić information content (AvgIpc) is 2.46. The normalized spacial score (nSPS) is 20.7. The van der Waals surface area contributed by atoms with E-state index >= 15 is 0 Å². The molecule has 0 saturated carbocycles. The maximum Gasteiger partial charge on any atom is 0.123 e. The molecule has 0 aromatic carbocycles. The van der Waals surface area contributed by atoms with Gasteiger partial charge in [0.15, 0.2) is 0 Å². The molecule has 3 heteroatoms. The van der Waals surface area contributed by atoms with Crippen LogP contribution in [-0.4, -0.2) is 22.0 Å². The third-order valence-corrected chi connectivity index (χ3v) is 3.29. The van der Waals surface area contributed by atoms with Gasteiger partial charge in [0, 0.05) is 18.3 Å². The fourth-order valence-corrected chi connectivity index (χ4v) is 2.27. The van der Waals surface area contributed by atoms with Crippen LogP contribution in [0.25, 0.3) is 0 Å². The Morgan fingerprint density at radius 3 is 2.93 bits per heavy atom. The monoisotopic (exact) mass is 205 g/mol. The molecule has 0 aliphatic carbocycles. The topological polar surface area (TPSA) is 42.2 Å². The summed E-state index contributed by atoms with van der Waals surface area (Å²) in [7, 11) is 0. The molecule has 15 heavy (non-hydrogen) atoms. The molecule has 0 amide bonds. The minimum absolute atomic E-state index is 0.331. The Morgan fingerprint density at radius 1 is 1.53 bits per heavy atom. The number of pyridine rings is 1. The first kappa shape index (κ1) is 10.4. The molecular formula is C12H19N3. The van der Waals surface area contributed by atoms with Gasteiger partial charge in [0.05, 0.1) is 0 Å². The molecule has 1 fully saturated rings. The van der Waals surface area contributed by atoms with E-state index in [0.717, 1.165) is 6.54 Å². The Labute approximate surface area is 91.3 Å². The summed E-state index contributed by atoms with van der Waals surface area (Å²) < 4.78 is 0. The lowest BCUT2D eigenvalue weighted by Gasteiger charge is -2.31. The molecule has 1 saturated heterocycles. The van der Waals surface area contributed by atoms with E-state index in [1.807, 2.05) is 12.1 Å². The van der Waals surface area contributed by atoms with Crippen LogP contribution in [0.4, 0.5) is 5.82 Å². The maximum absolute atomic E-state index is 5.67. The third kappa shape index (κ3) is 2.29. The molecule has 0 unspecified atom stereocenters. The van der Waals surface area contributed by atoms with Gasteiger partial charge in [0.25, 0.3) is 0 Å². The Bertz CT molecular complexity index is 346. The number of hydrogen-bond acceptors (Lipinski definition) is 3. The predicted octanol–water partition coefficient (Wildman–Crippen LogP) is 2.04. The zero-order valence-corrected chi connectivity index (χ0v) is 9.53. The van der Waals surface area contributed by atoms with Crippen molar-refractivity contribution in [2.45, 2.75) is 38.8 Å². The summed E-state index contributed by atoms with van der Waals surface area (Å²) in [6.07, 6.45) is 4.37. The molecule has 1 aromatic rings. The molecule has 1 aromatic heterocycles. The fraction of sp³-hybridized carbons (Fsp3) is 0.583. The lowest BCUT2D eigenvalue weighted by molar-refractivity contribution is 0.166. The van der Waals surface area contributed by atoms with Crippen LogP contribution in [0.5, 0.6) is 0 Å². The van der Waals surface area contributed by atoms with Crippen LogP contribution in [0.15, 0.2) is 18.3 Å². The highest BCUT2D eigenvalue weighted by Crippen LogP contribution is 2.29. The molecule has 2 rings (SSSR count). The second-order valence-electron chi connectivity index (χ2n) is 4.93. The van der Waals surface area contributed by atoms with Crippen molar-refractivity contribution >= 4 is 5.82 Å². The van der Waals surface area contributed by atoms with Gasteiger partial charge in [-0.25, -0.2) is 4.98 Å². The van der Waals surface area contributed by atoms with E-state index in [1.165, 1.54) is 24.9 Å². The van der Waals surface area contributed by atoms with E-state index in [4.69, 9.17) is 5.73 Å². The van der Waals surface area contributed by atoms with Crippen molar-refractivity contribution < 1.29 is 0 Å². The maximum atomic E-state index is 5.67. The second kappa shape index (κ2) is 3.81. The zero-order chi connectivity index (χ0) is 10.9. The Hall–Kier alpha value is -1.09. The Balaban J connectivity index is 2.09. The molecule has 2 N–H and O–H groups in total. The minimum atomic E-state index is 0.331. The second-order valence-corrected chi connectivity index (χ2v) is 4.93. The number of hydrogen-bond donors (Lipinski definition) is 1. The van der Waals surface area contributed by atoms with E-state index in [-0.39, 0.29) is 0 Å². The summed E-state index contributed by atoms with van der Waals surface area (Å²) in [6, 6.07) is 4.01. The summed E-state index contributed by atoms with van der Waals surface area (Å²) in [5.74, 6) is 0.615. The number of rotatable bonds is 2. The summed E-state index contributed by atoms with van der Waals surface area (Å²) in [6.45, 7) is 6.80. The SMILES string of the molecule is CC1(C)CCCN1Cc1ccnc(N)c1. The number of likely N-dealkylation sites (tertiary alicyclic amines) is 1. The number of nitrogen functional groups attached to an aromatic ring is 1. The van der Waals surface area contributed by atoms with Gasteiger partial charge in [-0.15, -0.1) is 0 Å². The van der Waals surface area contributed by atoms with Gasteiger partial charge in [0.1, 0.15) is 5.82 Å². The number of nitrogens with two attached hydrogens (primary N) is 1. The summed E-state index contributed by atoms with van der Waals surface area (Å²) in [5, 5.41) is 0. The minimum Gasteiger partial charge on any atom is -0.384 e. The van der Waals surface area contributed by atoms with Gasteiger partial charge in [0.2, 0.25) is 0 Å². The highest BCUT2D eigenvalue weighted by molar-refractivity contribution is 5.31. The largest absolute Gasteiger partial charge is 0.384 e. The van der Waals surface area contributed by atoms with Crippen LogP contribution >= 0.6 is 0 Å². The molecule has 3 nitrogen and oxygen atoms in total. The van der Waals surface area contributed by atoms with E-state index in [1.54, 1.807) is 6.20 Å². The van der Waals surface area contributed by atoms with Gasteiger partial charge >= 0.3 is 0 Å². The van der Waals surface area contributed by atoms with Crippen molar-refractivity contribution in [3.63, 3.8) is 0 Å². The number of nitrogens with zero attached hydrogens (tertiary/aromatic N) is 2. The van der Waals surface area contributed by atoms with Crippen LogP contribution in [0.2, 0.25) is 0 Å². The zero-order valence-electron chi connectivity index (χ0n) is 9.53. The summed E-state index contributed by atoms with van der Waals surface area (Å²) >= 11 is 0. The molecule has 1 aliphatic rings. The van der Waals surface area contributed by atoms with Crippen LogP contribution in [-0.2, 0) is 6.54 Å². The van der Waals surface area contributed by atoms with Gasteiger partial charge in [-0.05, 0) is 50.9 Å². The summed E-state index contributed by atoms with van der Waals surface area (Å²) in [5.41, 5.74) is 7.26. The first-order valence-electron chi connectivity index (χ1n) is 5.53. The van der Waals surface area contributed by atoms with E-state index < -0.39 is 0 Å². The average molecular weight is 205 g/mol. The third-order valence-electron chi connectivity index (χ3n) is 3.29. The van der Waals surface area contributed by atoms with Crippen molar-refractivity contribution in [3.05, 3.63) is 23.9 Å². The Kier molecular flexibility index (Phi) is 2.65. The molecular weight excluding hydrogens is 186 g/mol.